The minimum Gasteiger partial charge on any atom is -0.497 e. The van der Waals surface area contributed by atoms with Crippen LogP contribution >= 0.6 is 0 Å². The maximum Gasteiger partial charge on any atom is 0.282 e. The highest BCUT2D eigenvalue weighted by Gasteiger charge is 2.20. The molecule has 1 aromatic carbocycles. The average Bonchev–Trinajstić information content (AvgIpc) is 3.31. The third kappa shape index (κ3) is 3.53. The molecular formula is C15H14N4O5S. The first-order valence-corrected chi connectivity index (χ1v) is 8.58. The SMILES string of the molecule is COc1ccc(S(=O)(=O)n2ccc(C(=O)NCc3ccno3)n2)cc1. The average molecular weight is 362 g/mol. The number of ether oxygens (including phenoxy) is 1. The van der Waals surface area contributed by atoms with Crippen LogP contribution in [0, 0.1) is 0 Å². The van der Waals surface area contributed by atoms with Crippen molar-refractivity contribution in [3.63, 3.8) is 0 Å². The van der Waals surface area contributed by atoms with Crippen molar-refractivity contribution in [2.45, 2.75) is 11.4 Å². The van der Waals surface area contributed by atoms with Crippen molar-refractivity contribution in [2.75, 3.05) is 7.11 Å². The van der Waals surface area contributed by atoms with Gasteiger partial charge in [0.15, 0.2) is 11.5 Å². The molecule has 0 atom stereocenters. The maximum atomic E-state index is 12.5. The van der Waals surface area contributed by atoms with E-state index in [4.69, 9.17) is 9.26 Å². The van der Waals surface area contributed by atoms with Crippen LogP contribution in [0.1, 0.15) is 16.2 Å². The van der Waals surface area contributed by atoms with Crippen molar-refractivity contribution in [3.8, 4) is 5.75 Å². The normalized spacial score (nSPS) is 11.2. The summed E-state index contributed by atoms with van der Waals surface area (Å²) in [7, 11) is -2.41. The summed E-state index contributed by atoms with van der Waals surface area (Å²) in [5.74, 6) is 0.477. The molecule has 3 aromatic rings. The monoisotopic (exact) mass is 362 g/mol. The molecule has 10 heteroatoms. The fraction of sp³-hybridized carbons (Fsp3) is 0.133. The standard InChI is InChI=1S/C15H14N4O5S/c1-23-11-2-4-13(5-3-11)25(21,22)19-9-7-14(18-19)15(20)16-10-12-6-8-17-24-12/h2-9H,10H2,1H3,(H,16,20). The molecule has 9 nitrogen and oxygen atoms in total. The molecule has 1 N–H and O–H groups in total. The molecule has 0 radical (unpaired) electrons. The number of benzene rings is 1. The number of rotatable bonds is 6. The van der Waals surface area contributed by atoms with Crippen LogP contribution in [0.15, 0.2) is 58.2 Å². The van der Waals surface area contributed by atoms with Gasteiger partial charge in [0.05, 0.1) is 24.7 Å². The van der Waals surface area contributed by atoms with Crippen molar-refractivity contribution in [3.05, 3.63) is 60.2 Å². The summed E-state index contributed by atoms with van der Waals surface area (Å²) < 4.78 is 35.6. The van der Waals surface area contributed by atoms with E-state index in [0.29, 0.717) is 11.5 Å². The van der Waals surface area contributed by atoms with E-state index < -0.39 is 15.9 Å². The smallest absolute Gasteiger partial charge is 0.282 e. The number of hydrogen-bond acceptors (Lipinski definition) is 7. The first kappa shape index (κ1) is 16.7. The van der Waals surface area contributed by atoms with Crippen LogP contribution in [-0.4, -0.2) is 35.8 Å². The summed E-state index contributed by atoms with van der Waals surface area (Å²) >= 11 is 0. The molecule has 0 bridgehead atoms. The lowest BCUT2D eigenvalue weighted by molar-refractivity contribution is 0.0942. The van der Waals surface area contributed by atoms with E-state index in [0.717, 1.165) is 4.09 Å². The van der Waals surface area contributed by atoms with Gasteiger partial charge in [-0.2, -0.15) is 17.6 Å². The van der Waals surface area contributed by atoms with Crippen LogP contribution in [0.3, 0.4) is 0 Å². The Bertz CT molecular complexity index is 962. The zero-order valence-corrected chi connectivity index (χ0v) is 13.9. The maximum absolute atomic E-state index is 12.5. The molecule has 1 amide bonds. The van der Waals surface area contributed by atoms with Gasteiger partial charge in [0.2, 0.25) is 0 Å². The van der Waals surface area contributed by atoms with Crippen molar-refractivity contribution in [1.29, 1.82) is 0 Å². The molecular weight excluding hydrogens is 348 g/mol. The van der Waals surface area contributed by atoms with E-state index in [1.807, 2.05) is 0 Å². The Morgan fingerprint density at radius 2 is 2.00 bits per heavy atom. The highest BCUT2D eigenvalue weighted by molar-refractivity contribution is 7.89. The van der Waals surface area contributed by atoms with Crippen LogP contribution in [0.2, 0.25) is 0 Å². The van der Waals surface area contributed by atoms with Gasteiger partial charge in [-0.3, -0.25) is 4.79 Å². The molecule has 25 heavy (non-hydrogen) atoms. The minimum atomic E-state index is -3.89. The molecule has 0 aliphatic rings. The summed E-state index contributed by atoms with van der Waals surface area (Å²) in [4.78, 5) is 12.1. The van der Waals surface area contributed by atoms with E-state index in [2.05, 4.69) is 15.6 Å². The molecule has 3 rings (SSSR count). The Hall–Kier alpha value is -3.14. The highest BCUT2D eigenvalue weighted by atomic mass is 32.2. The number of amides is 1. The molecule has 0 aliphatic carbocycles. The lowest BCUT2D eigenvalue weighted by atomic mass is 10.3. The van der Waals surface area contributed by atoms with Gasteiger partial charge in [-0.05, 0) is 30.3 Å². The molecule has 0 fully saturated rings. The van der Waals surface area contributed by atoms with E-state index >= 15 is 0 Å². The van der Waals surface area contributed by atoms with Crippen LogP contribution in [-0.2, 0) is 16.6 Å². The van der Waals surface area contributed by atoms with Gasteiger partial charge in [0.1, 0.15) is 5.75 Å². The van der Waals surface area contributed by atoms with Gasteiger partial charge >= 0.3 is 0 Å². The Morgan fingerprint density at radius 3 is 2.64 bits per heavy atom. The molecule has 2 aromatic heterocycles. The van der Waals surface area contributed by atoms with E-state index in [1.165, 1.54) is 49.8 Å². The van der Waals surface area contributed by atoms with Crippen LogP contribution in [0.4, 0.5) is 0 Å². The second-order valence-electron chi connectivity index (χ2n) is 4.92. The summed E-state index contributed by atoms with van der Waals surface area (Å²) in [6.07, 6.45) is 2.67. The summed E-state index contributed by atoms with van der Waals surface area (Å²) in [6, 6.07) is 8.78. The van der Waals surface area contributed by atoms with E-state index in [9.17, 15) is 13.2 Å². The molecule has 0 saturated heterocycles. The second-order valence-corrected chi connectivity index (χ2v) is 6.71. The first-order valence-electron chi connectivity index (χ1n) is 7.14. The number of carbonyl (C=O) groups excluding carboxylic acids is 1. The molecule has 0 spiro atoms. The predicted molar refractivity (Wildman–Crippen MR) is 85.5 cm³/mol. The Morgan fingerprint density at radius 1 is 1.24 bits per heavy atom. The number of carbonyl (C=O) groups is 1. The molecule has 0 saturated carbocycles. The minimum absolute atomic E-state index is 0.0309. The molecule has 2 heterocycles. The zero-order chi connectivity index (χ0) is 17.9. The van der Waals surface area contributed by atoms with Crippen molar-refractivity contribution >= 4 is 15.9 Å². The molecule has 0 aliphatic heterocycles. The van der Waals surface area contributed by atoms with Gasteiger partial charge in [-0.25, -0.2) is 0 Å². The number of hydrogen-bond donors (Lipinski definition) is 1. The fourth-order valence-corrected chi connectivity index (χ4v) is 3.12. The van der Waals surface area contributed by atoms with Crippen molar-refractivity contribution in [2.24, 2.45) is 0 Å². The van der Waals surface area contributed by atoms with E-state index in [1.54, 1.807) is 6.07 Å². The largest absolute Gasteiger partial charge is 0.497 e. The summed E-state index contributed by atoms with van der Waals surface area (Å²) in [6.45, 7) is 0.122. The lowest BCUT2D eigenvalue weighted by Gasteiger charge is -2.05. The third-order valence-corrected chi connectivity index (χ3v) is 4.88. The van der Waals surface area contributed by atoms with Gasteiger partial charge in [0, 0.05) is 12.3 Å². The quantitative estimate of drug-likeness (QED) is 0.696. The highest BCUT2D eigenvalue weighted by Crippen LogP contribution is 2.17. The number of methoxy groups -OCH3 is 1. The number of nitrogens with zero attached hydrogens (tertiary/aromatic N) is 3. The summed E-state index contributed by atoms with van der Waals surface area (Å²) in [5.41, 5.74) is -0.0309. The Labute approximate surface area is 143 Å². The number of aromatic nitrogens is 3. The van der Waals surface area contributed by atoms with Crippen LogP contribution in [0.25, 0.3) is 0 Å². The predicted octanol–water partition coefficient (Wildman–Crippen LogP) is 1.05. The first-order chi connectivity index (χ1) is 12.0. The Balaban J connectivity index is 1.76. The van der Waals surface area contributed by atoms with Crippen LogP contribution in [0.5, 0.6) is 5.75 Å². The third-order valence-electron chi connectivity index (χ3n) is 3.32. The van der Waals surface area contributed by atoms with Crippen molar-refractivity contribution < 1.29 is 22.5 Å². The molecule has 130 valence electrons. The molecule has 0 unspecified atom stereocenters. The van der Waals surface area contributed by atoms with Gasteiger partial charge in [-0.1, -0.05) is 5.16 Å². The Kier molecular flexibility index (Phi) is 4.52. The van der Waals surface area contributed by atoms with Gasteiger partial charge < -0.3 is 14.6 Å². The topological polar surface area (TPSA) is 116 Å². The van der Waals surface area contributed by atoms with E-state index in [-0.39, 0.29) is 17.1 Å². The van der Waals surface area contributed by atoms with Gasteiger partial charge in [0.25, 0.3) is 15.9 Å². The number of nitrogens with one attached hydrogen (secondary N) is 1. The summed E-state index contributed by atoms with van der Waals surface area (Å²) in [5, 5.41) is 9.92. The zero-order valence-electron chi connectivity index (χ0n) is 13.1. The second kappa shape index (κ2) is 6.77. The van der Waals surface area contributed by atoms with Gasteiger partial charge in [-0.15, -0.1) is 0 Å². The lowest BCUT2D eigenvalue weighted by Crippen LogP contribution is -2.24. The van der Waals surface area contributed by atoms with Crippen LogP contribution < -0.4 is 10.1 Å². The van der Waals surface area contributed by atoms with Crippen molar-refractivity contribution in [1.82, 2.24) is 19.7 Å². The fourth-order valence-electron chi connectivity index (χ4n) is 2.01.